The van der Waals surface area contributed by atoms with Crippen molar-refractivity contribution in [3.8, 4) is 5.75 Å². The molecule has 0 saturated heterocycles. The molecule has 3 rings (SSSR count). The number of carboxylic acid groups (broad SMARTS) is 1. The summed E-state index contributed by atoms with van der Waals surface area (Å²) in [5, 5.41) is 13.6. The maximum atomic E-state index is 14.0. The first kappa shape index (κ1) is 20.6. The average molecular weight is 414 g/mol. The molecule has 0 aliphatic carbocycles. The number of nitrogens with zero attached hydrogens (tertiary/aromatic N) is 2. The Labute approximate surface area is 161 Å². The van der Waals surface area contributed by atoms with Crippen LogP contribution in [0.5, 0.6) is 5.75 Å². The summed E-state index contributed by atoms with van der Waals surface area (Å²) in [7, 11) is 0. The van der Waals surface area contributed by atoms with Crippen molar-refractivity contribution in [1.82, 2.24) is 9.78 Å². The molecule has 1 heterocycles. The van der Waals surface area contributed by atoms with E-state index in [4.69, 9.17) is 5.11 Å². The summed E-state index contributed by atoms with van der Waals surface area (Å²) < 4.78 is 70.0. The van der Waals surface area contributed by atoms with Gasteiger partial charge in [-0.25, -0.2) is 8.78 Å². The standard InChI is InChI=1S/C19H15F5N2O3/c20-12-5-4-11(15(21)8-12)10-26-17-9-13(29-19(22,23)24)6-7-14(17)16(25-26)2-1-3-18(27)28/h4-9H,1-3,10H2,(H,27,28). The summed E-state index contributed by atoms with van der Waals surface area (Å²) in [6, 6.07) is 6.62. The molecule has 0 saturated carbocycles. The van der Waals surface area contributed by atoms with Crippen LogP contribution in [0.15, 0.2) is 36.4 Å². The number of fused-ring (bicyclic) bond motifs is 1. The molecule has 0 atom stereocenters. The van der Waals surface area contributed by atoms with Crippen molar-refractivity contribution in [2.75, 3.05) is 0 Å². The van der Waals surface area contributed by atoms with Gasteiger partial charge < -0.3 is 9.84 Å². The smallest absolute Gasteiger partial charge is 0.481 e. The quantitative estimate of drug-likeness (QED) is 0.571. The van der Waals surface area contributed by atoms with Gasteiger partial charge in [-0.2, -0.15) is 5.10 Å². The van der Waals surface area contributed by atoms with E-state index in [1.165, 1.54) is 16.8 Å². The highest BCUT2D eigenvalue weighted by Gasteiger charge is 2.31. The van der Waals surface area contributed by atoms with E-state index in [1.807, 2.05) is 0 Å². The molecule has 0 radical (unpaired) electrons. The summed E-state index contributed by atoms with van der Waals surface area (Å²) in [4.78, 5) is 10.7. The Balaban J connectivity index is 2.00. The molecule has 0 bridgehead atoms. The van der Waals surface area contributed by atoms with E-state index in [1.54, 1.807) is 0 Å². The van der Waals surface area contributed by atoms with E-state index in [0.29, 0.717) is 17.1 Å². The molecule has 154 valence electrons. The number of carbonyl (C=O) groups is 1. The van der Waals surface area contributed by atoms with E-state index >= 15 is 0 Å². The number of aromatic nitrogens is 2. The second kappa shape index (κ2) is 8.06. The molecule has 5 nitrogen and oxygen atoms in total. The fourth-order valence-corrected chi connectivity index (χ4v) is 2.94. The zero-order chi connectivity index (χ0) is 21.2. The van der Waals surface area contributed by atoms with E-state index in [2.05, 4.69) is 9.84 Å². The minimum Gasteiger partial charge on any atom is -0.481 e. The van der Waals surface area contributed by atoms with Crippen LogP contribution in [0.2, 0.25) is 0 Å². The van der Waals surface area contributed by atoms with Crippen LogP contribution in [0.3, 0.4) is 0 Å². The van der Waals surface area contributed by atoms with Gasteiger partial charge in [-0.05, 0) is 31.0 Å². The van der Waals surface area contributed by atoms with Gasteiger partial charge in [0.2, 0.25) is 0 Å². The molecule has 2 aromatic carbocycles. The topological polar surface area (TPSA) is 64.3 Å². The van der Waals surface area contributed by atoms with E-state index in [-0.39, 0.29) is 36.9 Å². The molecule has 0 aliphatic rings. The summed E-state index contributed by atoms with van der Waals surface area (Å²) in [5.74, 6) is -3.03. The van der Waals surface area contributed by atoms with Crippen LogP contribution >= 0.6 is 0 Å². The maximum absolute atomic E-state index is 14.0. The van der Waals surface area contributed by atoms with E-state index in [9.17, 15) is 26.7 Å². The number of hydrogen-bond acceptors (Lipinski definition) is 3. The van der Waals surface area contributed by atoms with Crippen LogP contribution in [0, 0.1) is 11.6 Å². The SMILES string of the molecule is O=C(O)CCCc1nn(Cc2ccc(F)cc2F)c2cc(OC(F)(F)F)ccc12. The Kier molecular flexibility index (Phi) is 5.71. The Bertz CT molecular complexity index is 1050. The molecule has 0 unspecified atom stereocenters. The monoisotopic (exact) mass is 414 g/mol. The number of benzene rings is 2. The lowest BCUT2D eigenvalue weighted by Crippen LogP contribution is -2.17. The maximum Gasteiger partial charge on any atom is 0.573 e. The summed E-state index contributed by atoms with van der Waals surface area (Å²) in [5.41, 5.74) is 0.804. The van der Waals surface area contributed by atoms with Crippen LogP contribution in [-0.4, -0.2) is 27.2 Å². The lowest BCUT2D eigenvalue weighted by atomic mass is 10.1. The number of aliphatic carboxylic acids is 1. The lowest BCUT2D eigenvalue weighted by Gasteiger charge is -2.10. The third-order valence-corrected chi connectivity index (χ3v) is 4.17. The number of ether oxygens (including phenoxy) is 1. The largest absolute Gasteiger partial charge is 0.573 e. The highest BCUT2D eigenvalue weighted by Crippen LogP contribution is 2.29. The van der Waals surface area contributed by atoms with Gasteiger partial charge in [0.1, 0.15) is 17.4 Å². The Hall–Kier alpha value is -3.17. The van der Waals surface area contributed by atoms with Gasteiger partial charge in [-0.15, -0.1) is 13.2 Å². The third kappa shape index (κ3) is 5.21. The van der Waals surface area contributed by atoms with Gasteiger partial charge in [-0.1, -0.05) is 6.07 Å². The highest BCUT2D eigenvalue weighted by atomic mass is 19.4. The molecular formula is C19H15F5N2O3. The molecule has 3 aromatic rings. The van der Waals surface area contributed by atoms with Gasteiger partial charge >= 0.3 is 12.3 Å². The first-order chi connectivity index (χ1) is 13.6. The fourth-order valence-electron chi connectivity index (χ4n) is 2.94. The van der Waals surface area contributed by atoms with Crippen molar-refractivity contribution in [2.24, 2.45) is 0 Å². The molecule has 29 heavy (non-hydrogen) atoms. The molecule has 1 N–H and O–H groups in total. The van der Waals surface area contributed by atoms with Crippen LogP contribution in [0.1, 0.15) is 24.1 Å². The predicted molar refractivity (Wildman–Crippen MR) is 92.4 cm³/mol. The molecule has 10 heteroatoms. The lowest BCUT2D eigenvalue weighted by molar-refractivity contribution is -0.274. The second-order valence-electron chi connectivity index (χ2n) is 6.31. The number of alkyl halides is 3. The zero-order valence-corrected chi connectivity index (χ0v) is 14.8. The molecular weight excluding hydrogens is 399 g/mol. The Morgan fingerprint density at radius 3 is 2.55 bits per heavy atom. The van der Waals surface area contributed by atoms with E-state index < -0.39 is 29.7 Å². The van der Waals surface area contributed by atoms with Crippen molar-refractivity contribution < 1.29 is 36.6 Å². The fraction of sp³-hybridized carbons (Fsp3) is 0.263. The predicted octanol–water partition coefficient (Wildman–Crippen LogP) is 4.67. The first-order valence-electron chi connectivity index (χ1n) is 8.53. The third-order valence-electron chi connectivity index (χ3n) is 4.17. The molecule has 1 aromatic heterocycles. The summed E-state index contributed by atoms with van der Waals surface area (Å²) in [6.45, 7) is -0.156. The van der Waals surface area contributed by atoms with Crippen LogP contribution in [0.4, 0.5) is 22.0 Å². The van der Waals surface area contributed by atoms with Gasteiger partial charge in [0.15, 0.2) is 0 Å². The number of rotatable bonds is 7. The summed E-state index contributed by atoms with van der Waals surface area (Å²) in [6.07, 6.45) is -4.45. The molecule has 0 fully saturated rings. The van der Waals surface area contributed by atoms with Crippen molar-refractivity contribution in [3.63, 3.8) is 0 Å². The number of aryl methyl sites for hydroxylation is 1. The normalized spacial score (nSPS) is 11.8. The minimum absolute atomic E-state index is 0.0926. The second-order valence-corrected chi connectivity index (χ2v) is 6.31. The average Bonchev–Trinajstić information content (AvgIpc) is 2.93. The Morgan fingerprint density at radius 1 is 1.14 bits per heavy atom. The van der Waals surface area contributed by atoms with Gasteiger partial charge in [0.05, 0.1) is 17.8 Å². The van der Waals surface area contributed by atoms with Crippen molar-refractivity contribution in [2.45, 2.75) is 32.2 Å². The van der Waals surface area contributed by atoms with Crippen LogP contribution in [0.25, 0.3) is 10.9 Å². The highest BCUT2D eigenvalue weighted by molar-refractivity contribution is 5.83. The zero-order valence-electron chi connectivity index (χ0n) is 14.8. The number of carboxylic acids is 1. The van der Waals surface area contributed by atoms with Crippen LogP contribution < -0.4 is 4.74 Å². The Morgan fingerprint density at radius 2 is 1.90 bits per heavy atom. The van der Waals surface area contributed by atoms with Crippen molar-refractivity contribution in [3.05, 3.63) is 59.3 Å². The van der Waals surface area contributed by atoms with Crippen molar-refractivity contribution >= 4 is 16.9 Å². The van der Waals surface area contributed by atoms with Gasteiger partial charge in [0.25, 0.3) is 0 Å². The summed E-state index contributed by atoms with van der Waals surface area (Å²) >= 11 is 0. The molecule has 0 aliphatic heterocycles. The van der Waals surface area contributed by atoms with Crippen molar-refractivity contribution in [1.29, 1.82) is 0 Å². The molecule has 0 amide bonds. The van der Waals surface area contributed by atoms with Gasteiger partial charge in [0, 0.05) is 29.5 Å². The molecule has 0 spiro atoms. The number of halogens is 5. The van der Waals surface area contributed by atoms with Gasteiger partial charge in [-0.3, -0.25) is 9.48 Å². The number of hydrogen-bond donors (Lipinski definition) is 1. The van der Waals surface area contributed by atoms with E-state index in [0.717, 1.165) is 18.2 Å². The minimum atomic E-state index is -4.88. The first-order valence-corrected chi connectivity index (χ1v) is 8.53. The van der Waals surface area contributed by atoms with Crippen LogP contribution in [-0.2, 0) is 17.8 Å².